The first-order valence-corrected chi connectivity index (χ1v) is 12.9. The molecule has 0 amide bonds. The fourth-order valence-corrected chi connectivity index (χ4v) is 5.04. The fraction of sp³-hybridized carbons (Fsp3) is 0.129. The number of carbonyl (C=O) groups is 1. The van der Waals surface area contributed by atoms with Gasteiger partial charge in [0, 0.05) is 20.9 Å². The number of hydrogen-bond acceptors (Lipinski definition) is 6. The van der Waals surface area contributed by atoms with Gasteiger partial charge in [0.05, 0.1) is 25.1 Å². The van der Waals surface area contributed by atoms with Crippen molar-refractivity contribution in [3.63, 3.8) is 0 Å². The predicted molar refractivity (Wildman–Crippen MR) is 149 cm³/mol. The van der Waals surface area contributed by atoms with Gasteiger partial charge in [-0.3, -0.25) is 4.79 Å². The largest absolute Gasteiger partial charge is 0.496 e. The first-order chi connectivity index (χ1) is 18.1. The molecule has 4 aromatic rings. The van der Waals surface area contributed by atoms with E-state index in [1.807, 2.05) is 91.9 Å². The molecule has 0 fully saturated rings. The fourth-order valence-electron chi connectivity index (χ4n) is 4.08. The zero-order chi connectivity index (χ0) is 25.6. The van der Waals surface area contributed by atoms with Crippen LogP contribution in [0.1, 0.15) is 28.4 Å². The second kappa shape index (κ2) is 11.3. The van der Waals surface area contributed by atoms with Crippen molar-refractivity contribution in [1.29, 1.82) is 0 Å². The molecule has 0 bridgehead atoms. The number of fused-ring (bicyclic) bond motifs is 2. The Bertz CT molecular complexity index is 1460. The van der Waals surface area contributed by atoms with Gasteiger partial charge in [-0.2, -0.15) is 0 Å². The average molecular weight is 510 g/mol. The molecule has 0 saturated carbocycles. The molecule has 0 aromatic heterocycles. The standard InChI is InChI=1S/C31H27NO4S/c1-3-35-28-9-5-6-10-29(28)36-20-23-18-21(13-16-27(23)34-2)12-15-26(33)22-14-17-31-25(19-22)32-24-8-4-7-11-30(24)37-31/h4-19,32H,3,20H2,1-2H3/b15-12+. The highest BCUT2D eigenvalue weighted by molar-refractivity contribution is 7.99. The number of benzene rings is 4. The van der Waals surface area contributed by atoms with E-state index in [1.54, 1.807) is 24.9 Å². The summed E-state index contributed by atoms with van der Waals surface area (Å²) in [4.78, 5) is 15.3. The maximum Gasteiger partial charge on any atom is 0.185 e. The van der Waals surface area contributed by atoms with E-state index in [-0.39, 0.29) is 5.78 Å². The summed E-state index contributed by atoms with van der Waals surface area (Å²) in [5.74, 6) is 2.03. The number of para-hydroxylation sites is 3. The summed E-state index contributed by atoms with van der Waals surface area (Å²) in [6.07, 6.45) is 3.42. The lowest BCUT2D eigenvalue weighted by molar-refractivity contribution is 0.104. The highest BCUT2D eigenvalue weighted by Gasteiger charge is 2.16. The van der Waals surface area contributed by atoms with Crippen molar-refractivity contribution in [2.75, 3.05) is 19.0 Å². The Morgan fingerprint density at radius 2 is 1.59 bits per heavy atom. The number of anilines is 2. The normalized spacial score (nSPS) is 11.8. The van der Waals surface area contributed by atoms with Gasteiger partial charge >= 0.3 is 0 Å². The van der Waals surface area contributed by atoms with Crippen molar-refractivity contribution in [2.45, 2.75) is 23.3 Å². The van der Waals surface area contributed by atoms with Crippen LogP contribution in [0.3, 0.4) is 0 Å². The van der Waals surface area contributed by atoms with Gasteiger partial charge in [-0.05, 0) is 73.2 Å². The van der Waals surface area contributed by atoms with Gasteiger partial charge in [-0.1, -0.05) is 48.2 Å². The molecule has 0 saturated heterocycles. The molecule has 186 valence electrons. The third-order valence-corrected chi connectivity index (χ3v) is 7.06. The molecule has 1 aliphatic heterocycles. The van der Waals surface area contributed by atoms with E-state index in [4.69, 9.17) is 14.2 Å². The maximum absolute atomic E-state index is 13.0. The molecular formula is C31H27NO4S. The first kappa shape index (κ1) is 24.5. The molecular weight excluding hydrogens is 482 g/mol. The molecule has 0 spiro atoms. The zero-order valence-electron chi connectivity index (χ0n) is 20.7. The molecule has 37 heavy (non-hydrogen) atoms. The van der Waals surface area contributed by atoms with Crippen LogP contribution in [0.4, 0.5) is 11.4 Å². The summed E-state index contributed by atoms with van der Waals surface area (Å²) in [6.45, 7) is 2.80. The van der Waals surface area contributed by atoms with Crippen LogP contribution in [-0.2, 0) is 6.61 Å². The Kier molecular flexibility index (Phi) is 7.47. The molecule has 1 aliphatic rings. The van der Waals surface area contributed by atoms with Gasteiger partial charge in [-0.25, -0.2) is 0 Å². The molecule has 5 rings (SSSR count). The van der Waals surface area contributed by atoms with Crippen LogP contribution in [0, 0.1) is 0 Å². The second-order valence-corrected chi connectivity index (χ2v) is 9.46. The van der Waals surface area contributed by atoms with E-state index in [0.717, 1.165) is 33.1 Å². The zero-order valence-corrected chi connectivity index (χ0v) is 21.5. The minimum Gasteiger partial charge on any atom is -0.496 e. The van der Waals surface area contributed by atoms with Crippen molar-refractivity contribution in [3.8, 4) is 17.2 Å². The van der Waals surface area contributed by atoms with Gasteiger partial charge in [-0.15, -0.1) is 0 Å². The van der Waals surface area contributed by atoms with Crippen molar-refractivity contribution in [3.05, 3.63) is 108 Å². The topological polar surface area (TPSA) is 56.8 Å². The maximum atomic E-state index is 13.0. The molecule has 0 atom stereocenters. The minimum atomic E-state index is -0.0623. The number of ether oxygens (including phenoxy) is 3. The third-order valence-electron chi connectivity index (χ3n) is 5.90. The number of nitrogens with one attached hydrogen (secondary N) is 1. The summed E-state index contributed by atoms with van der Waals surface area (Å²) in [5.41, 5.74) is 4.38. The van der Waals surface area contributed by atoms with Crippen LogP contribution in [0.25, 0.3) is 6.08 Å². The molecule has 0 radical (unpaired) electrons. The lowest BCUT2D eigenvalue weighted by Crippen LogP contribution is -2.02. The van der Waals surface area contributed by atoms with E-state index in [2.05, 4.69) is 11.4 Å². The Morgan fingerprint density at radius 1 is 0.838 bits per heavy atom. The van der Waals surface area contributed by atoms with Gasteiger partial charge in [0.15, 0.2) is 17.3 Å². The lowest BCUT2D eigenvalue weighted by atomic mass is 10.1. The summed E-state index contributed by atoms with van der Waals surface area (Å²) >= 11 is 1.70. The molecule has 1 N–H and O–H groups in total. The van der Waals surface area contributed by atoms with E-state index in [1.165, 1.54) is 4.90 Å². The minimum absolute atomic E-state index is 0.0623. The number of ketones is 1. The van der Waals surface area contributed by atoms with Gasteiger partial charge in [0.2, 0.25) is 0 Å². The summed E-state index contributed by atoms with van der Waals surface area (Å²) < 4.78 is 17.2. The molecule has 0 aliphatic carbocycles. The van der Waals surface area contributed by atoms with Crippen LogP contribution >= 0.6 is 11.8 Å². The SMILES string of the molecule is CCOc1ccccc1OCc1cc(/C=C/C(=O)c2ccc3c(c2)Nc2ccccc2S3)ccc1OC. The van der Waals surface area contributed by atoms with Crippen LogP contribution in [0.15, 0.2) is 101 Å². The Hall–Kier alpha value is -4.16. The number of hydrogen-bond donors (Lipinski definition) is 1. The van der Waals surface area contributed by atoms with E-state index in [9.17, 15) is 4.79 Å². The lowest BCUT2D eigenvalue weighted by Gasteiger charge is -2.20. The number of allylic oxidation sites excluding steroid dienone is 1. The van der Waals surface area contributed by atoms with Crippen LogP contribution in [0.5, 0.6) is 17.2 Å². The van der Waals surface area contributed by atoms with Crippen LogP contribution < -0.4 is 19.5 Å². The number of rotatable bonds is 9. The highest BCUT2D eigenvalue weighted by atomic mass is 32.2. The Balaban J connectivity index is 1.30. The Morgan fingerprint density at radius 3 is 2.41 bits per heavy atom. The van der Waals surface area contributed by atoms with Crippen molar-refractivity contribution in [1.82, 2.24) is 0 Å². The van der Waals surface area contributed by atoms with Crippen molar-refractivity contribution < 1.29 is 19.0 Å². The first-order valence-electron chi connectivity index (χ1n) is 12.1. The molecule has 4 aromatic carbocycles. The average Bonchev–Trinajstić information content (AvgIpc) is 2.94. The number of methoxy groups -OCH3 is 1. The smallest absolute Gasteiger partial charge is 0.185 e. The molecule has 1 heterocycles. The summed E-state index contributed by atoms with van der Waals surface area (Å²) in [6, 6.07) is 27.3. The summed E-state index contributed by atoms with van der Waals surface area (Å²) in [5, 5.41) is 3.44. The summed E-state index contributed by atoms with van der Waals surface area (Å²) in [7, 11) is 1.63. The second-order valence-electron chi connectivity index (χ2n) is 8.37. The van der Waals surface area contributed by atoms with Crippen LogP contribution in [-0.4, -0.2) is 19.5 Å². The predicted octanol–water partition coefficient (Wildman–Crippen LogP) is 7.78. The van der Waals surface area contributed by atoms with Gasteiger partial charge in [0.1, 0.15) is 12.4 Å². The third kappa shape index (κ3) is 5.65. The Labute approximate surface area is 221 Å². The monoisotopic (exact) mass is 509 g/mol. The molecule has 0 unspecified atom stereocenters. The highest BCUT2D eigenvalue weighted by Crippen LogP contribution is 2.44. The number of carbonyl (C=O) groups excluding carboxylic acids is 1. The molecule has 6 heteroatoms. The van der Waals surface area contributed by atoms with Gasteiger partial charge in [0.25, 0.3) is 0 Å². The van der Waals surface area contributed by atoms with Crippen molar-refractivity contribution in [2.24, 2.45) is 0 Å². The van der Waals surface area contributed by atoms with Crippen LogP contribution in [0.2, 0.25) is 0 Å². The van der Waals surface area contributed by atoms with E-state index in [0.29, 0.717) is 30.3 Å². The van der Waals surface area contributed by atoms with Crippen molar-refractivity contribution >= 4 is 35.0 Å². The van der Waals surface area contributed by atoms with E-state index < -0.39 is 0 Å². The molecule has 5 nitrogen and oxygen atoms in total. The van der Waals surface area contributed by atoms with E-state index >= 15 is 0 Å². The van der Waals surface area contributed by atoms with Gasteiger partial charge < -0.3 is 19.5 Å². The quantitative estimate of drug-likeness (QED) is 0.162.